The highest BCUT2D eigenvalue weighted by molar-refractivity contribution is 5.65. The summed E-state index contributed by atoms with van der Waals surface area (Å²) in [5.41, 5.74) is 1.03. The Morgan fingerprint density at radius 3 is 2.90 bits per heavy atom. The van der Waals surface area contributed by atoms with Gasteiger partial charge in [0.25, 0.3) is 0 Å². The van der Waals surface area contributed by atoms with E-state index in [2.05, 4.69) is 5.32 Å². The number of piperidine rings is 1. The zero-order valence-electron chi connectivity index (χ0n) is 12.5. The first kappa shape index (κ1) is 15.4. The third kappa shape index (κ3) is 4.01. The first-order valence-electron chi connectivity index (χ1n) is 7.06. The molecule has 1 heterocycles. The van der Waals surface area contributed by atoms with Crippen LogP contribution >= 0.6 is 0 Å². The number of benzene rings is 1. The third-order valence-corrected chi connectivity index (χ3v) is 3.77. The van der Waals surface area contributed by atoms with Gasteiger partial charge in [-0.2, -0.15) is 0 Å². The minimum Gasteiger partial charge on any atom is -0.497 e. The molecule has 0 spiro atoms. The van der Waals surface area contributed by atoms with Gasteiger partial charge in [0.15, 0.2) is 0 Å². The molecule has 1 aliphatic heterocycles. The zero-order chi connectivity index (χ0) is 15.2. The average molecular weight is 294 g/mol. The van der Waals surface area contributed by atoms with Crippen molar-refractivity contribution in [2.24, 2.45) is 0 Å². The quantitative estimate of drug-likeness (QED) is 0.868. The molecule has 2 rings (SSSR count). The maximum Gasteiger partial charge on any atom is 0.407 e. The largest absolute Gasteiger partial charge is 0.497 e. The van der Waals surface area contributed by atoms with Gasteiger partial charge < -0.3 is 24.8 Å². The molecule has 21 heavy (non-hydrogen) atoms. The smallest absolute Gasteiger partial charge is 0.407 e. The van der Waals surface area contributed by atoms with Crippen molar-refractivity contribution in [3.05, 3.63) is 23.8 Å². The summed E-state index contributed by atoms with van der Waals surface area (Å²) in [6, 6.07) is 5.88. The standard InChI is InChI=1S/C15H22N2O4/c1-20-13-6-5-11(14(8-13)21-2)9-16-12-4-3-7-17(10-12)15(18)19/h5-6,8,12,16H,3-4,7,9-10H2,1-2H3,(H,18,19)/t12-/m1/s1. The van der Waals surface area contributed by atoms with E-state index >= 15 is 0 Å². The van der Waals surface area contributed by atoms with Crippen LogP contribution in [0, 0.1) is 0 Å². The fourth-order valence-corrected chi connectivity index (χ4v) is 2.57. The maximum atomic E-state index is 11.0. The van der Waals surface area contributed by atoms with Gasteiger partial charge in [-0.3, -0.25) is 0 Å². The molecule has 6 heteroatoms. The van der Waals surface area contributed by atoms with Crippen LogP contribution in [-0.4, -0.2) is 49.5 Å². The van der Waals surface area contributed by atoms with Gasteiger partial charge in [0.2, 0.25) is 0 Å². The third-order valence-electron chi connectivity index (χ3n) is 3.77. The van der Waals surface area contributed by atoms with Crippen molar-refractivity contribution in [2.75, 3.05) is 27.3 Å². The molecule has 1 aromatic carbocycles. The number of carboxylic acid groups (broad SMARTS) is 1. The van der Waals surface area contributed by atoms with Crippen LogP contribution in [0.4, 0.5) is 4.79 Å². The second-order valence-electron chi connectivity index (χ2n) is 5.13. The van der Waals surface area contributed by atoms with E-state index in [1.165, 1.54) is 4.90 Å². The van der Waals surface area contributed by atoms with E-state index in [1.807, 2.05) is 18.2 Å². The molecule has 1 fully saturated rings. The Hall–Kier alpha value is -1.95. The van der Waals surface area contributed by atoms with E-state index in [-0.39, 0.29) is 6.04 Å². The number of carbonyl (C=O) groups is 1. The number of ether oxygens (including phenoxy) is 2. The highest BCUT2D eigenvalue weighted by Crippen LogP contribution is 2.24. The van der Waals surface area contributed by atoms with Gasteiger partial charge in [0.05, 0.1) is 14.2 Å². The molecule has 1 aliphatic rings. The van der Waals surface area contributed by atoms with Crippen LogP contribution < -0.4 is 14.8 Å². The summed E-state index contributed by atoms with van der Waals surface area (Å²) in [6.45, 7) is 1.80. The fourth-order valence-electron chi connectivity index (χ4n) is 2.57. The predicted octanol–water partition coefficient (Wildman–Crippen LogP) is 1.94. The van der Waals surface area contributed by atoms with Crippen LogP contribution in [0.3, 0.4) is 0 Å². The van der Waals surface area contributed by atoms with Crippen LogP contribution in [0.15, 0.2) is 18.2 Å². The van der Waals surface area contributed by atoms with Crippen molar-refractivity contribution < 1.29 is 19.4 Å². The lowest BCUT2D eigenvalue weighted by molar-refractivity contribution is 0.126. The number of rotatable bonds is 5. The Morgan fingerprint density at radius 2 is 2.24 bits per heavy atom. The van der Waals surface area contributed by atoms with Gasteiger partial charge in [-0.25, -0.2) is 4.79 Å². The maximum absolute atomic E-state index is 11.0. The summed E-state index contributed by atoms with van der Waals surface area (Å²) >= 11 is 0. The summed E-state index contributed by atoms with van der Waals surface area (Å²) in [6.07, 6.45) is 1.04. The van der Waals surface area contributed by atoms with E-state index in [0.29, 0.717) is 19.6 Å². The number of amides is 1. The molecule has 0 aromatic heterocycles. The molecule has 0 bridgehead atoms. The van der Waals surface area contributed by atoms with Gasteiger partial charge in [-0.15, -0.1) is 0 Å². The molecule has 0 saturated carbocycles. The summed E-state index contributed by atoms with van der Waals surface area (Å²) in [7, 11) is 3.25. The molecule has 1 aromatic rings. The predicted molar refractivity (Wildman–Crippen MR) is 79.0 cm³/mol. The molecule has 1 saturated heterocycles. The molecular formula is C15H22N2O4. The number of hydrogen-bond acceptors (Lipinski definition) is 4. The Labute approximate surface area is 124 Å². The Bertz CT molecular complexity index is 493. The normalized spacial score (nSPS) is 18.4. The van der Waals surface area contributed by atoms with E-state index < -0.39 is 6.09 Å². The SMILES string of the molecule is COc1ccc(CN[C@@H]2CCCN(C(=O)O)C2)c(OC)c1. The van der Waals surface area contributed by atoms with Crippen molar-refractivity contribution >= 4 is 6.09 Å². The van der Waals surface area contributed by atoms with Crippen LogP contribution in [0.5, 0.6) is 11.5 Å². The van der Waals surface area contributed by atoms with Crippen LogP contribution in [0.25, 0.3) is 0 Å². The highest BCUT2D eigenvalue weighted by atomic mass is 16.5. The summed E-state index contributed by atoms with van der Waals surface area (Å²) in [5, 5.41) is 12.5. The molecule has 0 aliphatic carbocycles. The minimum atomic E-state index is -0.844. The van der Waals surface area contributed by atoms with Gasteiger partial charge >= 0.3 is 6.09 Å². The molecule has 0 radical (unpaired) electrons. The van der Waals surface area contributed by atoms with E-state index in [1.54, 1.807) is 14.2 Å². The van der Waals surface area contributed by atoms with Gasteiger partial charge in [0.1, 0.15) is 11.5 Å². The van der Waals surface area contributed by atoms with Crippen molar-refractivity contribution in [1.29, 1.82) is 0 Å². The first-order chi connectivity index (χ1) is 10.1. The number of nitrogens with zero attached hydrogens (tertiary/aromatic N) is 1. The number of methoxy groups -OCH3 is 2. The lowest BCUT2D eigenvalue weighted by Crippen LogP contribution is -2.47. The van der Waals surface area contributed by atoms with Crippen LogP contribution in [0.1, 0.15) is 18.4 Å². The summed E-state index contributed by atoms with van der Waals surface area (Å²) in [5.74, 6) is 1.53. The molecule has 2 N–H and O–H groups in total. The van der Waals surface area contributed by atoms with Gasteiger partial charge in [-0.1, -0.05) is 6.07 Å². The molecule has 1 amide bonds. The van der Waals surface area contributed by atoms with Crippen LogP contribution in [0.2, 0.25) is 0 Å². The van der Waals surface area contributed by atoms with Crippen molar-refractivity contribution in [3.8, 4) is 11.5 Å². The fraction of sp³-hybridized carbons (Fsp3) is 0.533. The van der Waals surface area contributed by atoms with Crippen molar-refractivity contribution in [2.45, 2.75) is 25.4 Å². The molecule has 6 nitrogen and oxygen atoms in total. The summed E-state index contributed by atoms with van der Waals surface area (Å²) in [4.78, 5) is 12.5. The average Bonchev–Trinajstić information content (AvgIpc) is 2.53. The van der Waals surface area contributed by atoms with E-state index in [4.69, 9.17) is 14.6 Å². The van der Waals surface area contributed by atoms with Gasteiger partial charge in [0, 0.05) is 37.3 Å². The number of hydrogen-bond donors (Lipinski definition) is 2. The summed E-state index contributed by atoms with van der Waals surface area (Å²) < 4.78 is 10.5. The lowest BCUT2D eigenvalue weighted by Gasteiger charge is -2.31. The molecule has 0 unspecified atom stereocenters. The second-order valence-corrected chi connectivity index (χ2v) is 5.13. The van der Waals surface area contributed by atoms with Crippen LogP contribution in [-0.2, 0) is 6.54 Å². The lowest BCUT2D eigenvalue weighted by atomic mass is 10.1. The monoisotopic (exact) mass is 294 g/mol. The topological polar surface area (TPSA) is 71.0 Å². The minimum absolute atomic E-state index is 0.182. The Balaban J connectivity index is 1.94. The number of nitrogens with one attached hydrogen (secondary N) is 1. The molecule has 1 atom stereocenters. The second kappa shape index (κ2) is 7.17. The van der Waals surface area contributed by atoms with Crippen molar-refractivity contribution in [1.82, 2.24) is 10.2 Å². The number of likely N-dealkylation sites (tertiary alicyclic amines) is 1. The first-order valence-corrected chi connectivity index (χ1v) is 7.06. The zero-order valence-corrected chi connectivity index (χ0v) is 12.5. The van der Waals surface area contributed by atoms with Gasteiger partial charge in [-0.05, 0) is 18.9 Å². The Kier molecular flexibility index (Phi) is 5.27. The highest BCUT2D eigenvalue weighted by Gasteiger charge is 2.22. The van der Waals surface area contributed by atoms with E-state index in [0.717, 1.165) is 29.9 Å². The van der Waals surface area contributed by atoms with Crippen molar-refractivity contribution in [3.63, 3.8) is 0 Å². The molecular weight excluding hydrogens is 272 g/mol. The Morgan fingerprint density at radius 1 is 1.43 bits per heavy atom. The van der Waals surface area contributed by atoms with E-state index in [9.17, 15) is 4.79 Å². The molecule has 116 valence electrons.